The van der Waals surface area contributed by atoms with Crippen LogP contribution in [-0.2, 0) is 0 Å². The Bertz CT molecular complexity index is 817. The van der Waals surface area contributed by atoms with Crippen molar-refractivity contribution in [3.8, 4) is 5.75 Å². The van der Waals surface area contributed by atoms with Gasteiger partial charge in [-0.1, -0.05) is 39.0 Å². The number of hydrogen-bond acceptors (Lipinski definition) is 3. The number of hydrogen-bond donors (Lipinski definition) is 0. The van der Waals surface area contributed by atoms with Crippen LogP contribution >= 0.6 is 0 Å². The van der Waals surface area contributed by atoms with Gasteiger partial charge in [0.2, 0.25) is 0 Å². The summed E-state index contributed by atoms with van der Waals surface area (Å²) in [6, 6.07) is 10.5. The van der Waals surface area contributed by atoms with Crippen molar-refractivity contribution in [2.24, 2.45) is 0 Å². The third-order valence-electron chi connectivity index (χ3n) is 4.71. The Morgan fingerprint density at radius 3 is 2.26 bits per heavy atom. The Labute approximate surface area is 158 Å². The van der Waals surface area contributed by atoms with Crippen LogP contribution in [0.1, 0.15) is 66.2 Å². The third-order valence-corrected chi connectivity index (χ3v) is 4.71. The van der Waals surface area contributed by atoms with E-state index in [9.17, 15) is 14.0 Å². The summed E-state index contributed by atoms with van der Waals surface area (Å²) in [5.74, 6) is -0.767. The highest BCUT2D eigenvalue weighted by Gasteiger charge is 2.36. The summed E-state index contributed by atoms with van der Waals surface area (Å²) in [5.41, 5.74) is 0.779. The molecule has 1 aliphatic rings. The van der Waals surface area contributed by atoms with Gasteiger partial charge in [0.15, 0.2) is 0 Å². The van der Waals surface area contributed by atoms with Crippen LogP contribution in [0.4, 0.5) is 10.1 Å². The van der Waals surface area contributed by atoms with E-state index in [-0.39, 0.29) is 11.1 Å². The number of carbonyl (C=O) groups excluding carboxylic acids is 2. The minimum absolute atomic E-state index is 0.100. The van der Waals surface area contributed by atoms with Crippen LogP contribution < -0.4 is 9.64 Å². The Morgan fingerprint density at radius 2 is 1.52 bits per heavy atom. The fourth-order valence-corrected chi connectivity index (χ4v) is 3.21. The predicted molar refractivity (Wildman–Crippen MR) is 103 cm³/mol. The van der Waals surface area contributed by atoms with Crippen molar-refractivity contribution in [3.05, 3.63) is 59.4 Å². The molecule has 27 heavy (non-hydrogen) atoms. The smallest absolute Gasteiger partial charge is 0.266 e. The summed E-state index contributed by atoms with van der Waals surface area (Å²) in [5, 5.41) is 0. The van der Waals surface area contributed by atoms with Crippen LogP contribution in [0, 0.1) is 5.82 Å². The van der Waals surface area contributed by atoms with Crippen LogP contribution in [0.15, 0.2) is 42.5 Å². The molecular formula is C22H24FNO3. The van der Waals surface area contributed by atoms with Crippen LogP contribution in [-0.4, -0.2) is 18.4 Å². The monoisotopic (exact) mass is 369 g/mol. The van der Waals surface area contributed by atoms with Crippen molar-refractivity contribution in [3.63, 3.8) is 0 Å². The Morgan fingerprint density at radius 1 is 0.852 bits per heavy atom. The average Bonchev–Trinajstić information content (AvgIpc) is 2.92. The minimum Gasteiger partial charge on any atom is -0.494 e. The fourth-order valence-electron chi connectivity index (χ4n) is 3.21. The number of halogens is 1. The van der Waals surface area contributed by atoms with Crippen molar-refractivity contribution in [1.82, 2.24) is 0 Å². The molecule has 0 saturated heterocycles. The molecule has 142 valence electrons. The fraction of sp³-hybridized carbons (Fsp3) is 0.364. The van der Waals surface area contributed by atoms with Gasteiger partial charge in [-0.3, -0.25) is 9.59 Å². The highest BCUT2D eigenvalue weighted by atomic mass is 19.1. The summed E-state index contributed by atoms with van der Waals surface area (Å²) in [7, 11) is 0. The Kier molecular flexibility index (Phi) is 6.22. The maximum absolute atomic E-state index is 13.4. The maximum Gasteiger partial charge on any atom is 0.266 e. The van der Waals surface area contributed by atoms with Crippen molar-refractivity contribution in [2.45, 2.75) is 45.4 Å². The molecule has 5 heteroatoms. The first-order valence-corrected chi connectivity index (χ1v) is 9.53. The highest BCUT2D eigenvalue weighted by Crippen LogP contribution is 2.30. The van der Waals surface area contributed by atoms with Gasteiger partial charge in [0.05, 0.1) is 23.4 Å². The van der Waals surface area contributed by atoms with E-state index < -0.39 is 17.6 Å². The molecule has 0 N–H and O–H groups in total. The van der Waals surface area contributed by atoms with Gasteiger partial charge in [0, 0.05) is 0 Å². The summed E-state index contributed by atoms with van der Waals surface area (Å²) >= 11 is 0. The van der Waals surface area contributed by atoms with Crippen LogP contribution in [0.5, 0.6) is 5.75 Å². The number of unbranched alkanes of at least 4 members (excludes halogenated alkanes) is 5. The number of ether oxygens (including phenoxy) is 1. The molecule has 2 aromatic rings. The van der Waals surface area contributed by atoms with Gasteiger partial charge in [-0.25, -0.2) is 9.29 Å². The number of amides is 2. The first-order chi connectivity index (χ1) is 13.1. The van der Waals surface area contributed by atoms with Gasteiger partial charge in [-0.15, -0.1) is 0 Å². The lowest BCUT2D eigenvalue weighted by atomic mass is 10.1. The number of imide groups is 1. The molecule has 0 radical (unpaired) electrons. The maximum atomic E-state index is 13.4. The molecule has 3 rings (SSSR count). The molecule has 0 aliphatic carbocycles. The molecule has 0 saturated carbocycles. The molecule has 0 unspecified atom stereocenters. The van der Waals surface area contributed by atoms with Gasteiger partial charge in [0.1, 0.15) is 11.6 Å². The number of nitrogens with zero attached hydrogens (tertiary/aromatic N) is 1. The van der Waals surface area contributed by atoms with Crippen molar-refractivity contribution >= 4 is 17.5 Å². The third kappa shape index (κ3) is 4.35. The van der Waals surface area contributed by atoms with Gasteiger partial charge >= 0.3 is 0 Å². The van der Waals surface area contributed by atoms with E-state index in [1.54, 1.807) is 24.3 Å². The van der Waals surface area contributed by atoms with E-state index in [0.29, 0.717) is 18.0 Å². The number of fused-ring (bicyclic) bond motifs is 1. The second kappa shape index (κ2) is 8.80. The van der Waals surface area contributed by atoms with Gasteiger partial charge < -0.3 is 4.74 Å². The molecule has 0 bridgehead atoms. The molecule has 0 fully saturated rings. The van der Waals surface area contributed by atoms with E-state index in [4.69, 9.17) is 4.74 Å². The first-order valence-electron chi connectivity index (χ1n) is 9.53. The van der Waals surface area contributed by atoms with Crippen LogP contribution in [0.25, 0.3) is 0 Å². The summed E-state index contributed by atoms with van der Waals surface area (Å²) in [6.45, 7) is 2.85. The first kappa shape index (κ1) is 19.1. The van der Waals surface area contributed by atoms with E-state index in [0.717, 1.165) is 23.8 Å². The number of carbonyl (C=O) groups is 2. The lowest BCUT2D eigenvalue weighted by Crippen LogP contribution is -2.29. The summed E-state index contributed by atoms with van der Waals surface area (Å²) < 4.78 is 19.1. The molecular weight excluding hydrogens is 345 g/mol. The van der Waals surface area contributed by atoms with Crippen molar-refractivity contribution in [1.29, 1.82) is 0 Å². The van der Waals surface area contributed by atoms with Gasteiger partial charge in [-0.2, -0.15) is 0 Å². The molecule has 0 spiro atoms. The van der Waals surface area contributed by atoms with Crippen LogP contribution in [0.3, 0.4) is 0 Å². The van der Waals surface area contributed by atoms with E-state index >= 15 is 0 Å². The number of benzene rings is 2. The van der Waals surface area contributed by atoms with Crippen molar-refractivity contribution < 1.29 is 18.7 Å². The second-order valence-electron chi connectivity index (χ2n) is 6.75. The normalized spacial score (nSPS) is 13.2. The molecule has 4 nitrogen and oxygen atoms in total. The van der Waals surface area contributed by atoms with Crippen LogP contribution in [0.2, 0.25) is 0 Å². The molecule has 0 aromatic heterocycles. The standard InChI is InChI=1S/C22H24FNO3/c1-2-3-4-5-6-7-14-27-18-11-9-17(10-12-18)24-21(25)19-13-8-16(23)15-20(19)22(24)26/h8-13,15H,2-7,14H2,1H3. The lowest BCUT2D eigenvalue weighted by molar-refractivity contribution is 0.0926. The molecule has 2 aromatic carbocycles. The van der Waals surface area contributed by atoms with E-state index in [1.165, 1.54) is 37.8 Å². The second-order valence-corrected chi connectivity index (χ2v) is 6.75. The quantitative estimate of drug-likeness (QED) is 0.441. The largest absolute Gasteiger partial charge is 0.494 e. The zero-order valence-corrected chi connectivity index (χ0v) is 15.5. The summed E-state index contributed by atoms with van der Waals surface area (Å²) in [4.78, 5) is 26.0. The van der Waals surface area contributed by atoms with Gasteiger partial charge in [0.25, 0.3) is 11.8 Å². The molecule has 1 aliphatic heterocycles. The molecule has 1 heterocycles. The van der Waals surface area contributed by atoms with Crippen molar-refractivity contribution in [2.75, 3.05) is 11.5 Å². The summed E-state index contributed by atoms with van der Waals surface area (Å²) in [6.07, 6.45) is 7.20. The molecule has 0 atom stereocenters. The highest BCUT2D eigenvalue weighted by molar-refractivity contribution is 6.34. The number of rotatable bonds is 9. The minimum atomic E-state index is -0.532. The number of anilines is 1. The van der Waals surface area contributed by atoms with E-state index in [1.807, 2.05) is 0 Å². The SMILES string of the molecule is CCCCCCCCOc1ccc(N2C(=O)c3ccc(F)cc3C2=O)cc1. The van der Waals surface area contributed by atoms with Gasteiger partial charge in [-0.05, 0) is 48.9 Å². The topological polar surface area (TPSA) is 46.6 Å². The van der Waals surface area contributed by atoms with E-state index in [2.05, 4.69) is 6.92 Å². The Balaban J connectivity index is 1.56. The zero-order valence-electron chi connectivity index (χ0n) is 15.5. The predicted octanol–water partition coefficient (Wildman–Crippen LogP) is 5.37. The lowest BCUT2D eigenvalue weighted by Gasteiger charge is -2.14. The zero-order chi connectivity index (χ0) is 19.2. The Hall–Kier alpha value is -2.69. The molecule has 2 amide bonds. The average molecular weight is 369 g/mol.